The third-order valence-electron chi connectivity index (χ3n) is 12.2. The van der Waals surface area contributed by atoms with Crippen molar-refractivity contribution in [3.05, 3.63) is 71.9 Å². The molecule has 1 aromatic heterocycles. The number of nitrogens with two attached hydrogens (primary N) is 4. The molecule has 18 N–H and O–H groups in total. The lowest BCUT2D eigenvalue weighted by atomic mass is 10.0. The summed E-state index contributed by atoms with van der Waals surface area (Å²) < 4.78 is 0. The Balaban J connectivity index is 1.79. The number of primary amides is 2. The van der Waals surface area contributed by atoms with E-state index in [4.69, 9.17) is 27.8 Å². The predicted octanol–water partition coefficient (Wildman–Crippen LogP) is -1.83. The van der Waals surface area contributed by atoms with Crippen molar-refractivity contribution in [1.29, 1.82) is 0 Å². The van der Waals surface area contributed by atoms with Gasteiger partial charge in [-0.2, -0.15) is 5.48 Å². The highest BCUT2D eigenvalue weighted by Gasteiger charge is 2.35. The van der Waals surface area contributed by atoms with Crippen LogP contribution in [0.5, 0.6) is 0 Å². The van der Waals surface area contributed by atoms with Crippen LogP contribution in [0.2, 0.25) is 0 Å². The van der Waals surface area contributed by atoms with Crippen LogP contribution in [0, 0.1) is 0 Å². The number of para-hydroxylation sites is 1. The molecule has 0 bridgehead atoms. The first-order chi connectivity index (χ1) is 36.3. The van der Waals surface area contributed by atoms with Crippen LogP contribution >= 0.6 is 0 Å². The number of aromatic amines is 1. The molecule has 4 rings (SSSR count). The minimum atomic E-state index is -1.69. The summed E-state index contributed by atoms with van der Waals surface area (Å²) in [4.78, 5) is 148. The molecular weight excluding hydrogens is 987 g/mol. The molecule has 0 spiro atoms. The largest absolute Gasteiger partial charge is 0.371 e. The van der Waals surface area contributed by atoms with Gasteiger partial charge in [0.15, 0.2) is 5.96 Å². The molecular formula is C50H73N15O11. The van der Waals surface area contributed by atoms with Gasteiger partial charge in [0.1, 0.15) is 42.3 Å². The van der Waals surface area contributed by atoms with E-state index >= 15 is 0 Å². The summed E-state index contributed by atoms with van der Waals surface area (Å²) in [6.07, 6.45) is 2.55. The van der Waals surface area contributed by atoms with Crippen LogP contribution in [0.25, 0.3) is 10.9 Å². The van der Waals surface area contributed by atoms with E-state index in [2.05, 4.69) is 58.0 Å². The highest BCUT2D eigenvalue weighted by Crippen LogP contribution is 2.20. The number of carbonyl (C=O) groups excluding carboxylic acids is 10. The molecule has 76 heavy (non-hydrogen) atoms. The number of guanidine groups is 1. The minimum Gasteiger partial charge on any atom is -0.371 e. The van der Waals surface area contributed by atoms with Crippen LogP contribution in [0.15, 0.2) is 65.8 Å². The van der Waals surface area contributed by atoms with Gasteiger partial charge in [-0.1, -0.05) is 68.3 Å². The Kier molecular flexibility index (Phi) is 24.9. The van der Waals surface area contributed by atoms with E-state index in [1.807, 2.05) is 25.1 Å². The van der Waals surface area contributed by atoms with Gasteiger partial charge in [0.05, 0.1) is 6.42 Å². The zero-order valence-electron chi connectivity index (χ0n) is 42.9. The van der Waals surface area contributed by atoms with Gasteiger partial charge in [-0.15, -0.1) is 0 Å². The number of hydrogen-bond acceptors (Lipinski definition) is 13. The quantitative estimate of drug-likeness (QED) is 0.0357. The number of H-pyrrole nitrogens is 1. The second kappa shape index (κ2) is 31.4. The first-order valence-corrected chi connectivity index (χ1v) is 25.3. The number of benzene rings is 2. The number of fused-ring (bicyclic) bond motifs is 1. The van der Waals surface area contributed by atoms with Crippen molar-refractivity contribution in [3.8, 4) is 0 Å². The molecule has 0 radical (unpaired) electrons. The standard InChI is InChI=1S/C50H73N15O11/c1-3-4-17-35(59-29(2)66)43(69)65-40-27-41(67)76-58-24-11-10-19-34(42(51)68)60-47(73)39(26-31-28-57-33-18-9-8-16-32(31)33)64-45(71)36(20-12-22-55-49(52)53)61-46(72)38(25-30-14-6-5-7-15-30)63-44(70)37(62-48(40)74)21-13-23-56-50(54)75/h5-9,14-16,18,28,34-40,57-58H,3-4,10-13,17,19-27H2,1-2H3,(H2,51,68)(H,59,66)(H,60,73)(H,61,72)(H,62,74)(H,63,70)(H,64,71)(H,65,69)(H4,52,53,55)(H3,54,56,75)/t34-,35-,36-,37-,38+,39-,40-/m0/s1. The summed E-state index contributed by atoms with van der Waals surface area (Å²) >= 11 is 0. The fraction of sp³-hybridized carbons (Fsp3) is 0.500. The number of urea groups is 1. The number of hydroxylamine groups is 1. The summed E-state index contributed by atoms with van der Waals surface area (Å²) in [7, 11) is 0. The van der Waals surface area contributed by atoms with Crippen molar-refractivity contribution < 1.29 is 52.8 Å². The Morgan fingerprint density at radius 1 is 0.737 bits per heavy atom. The molecule has 26 heteroatoms. The van der Waals surface area contributed by atoms with Gasteiger partial charge in [-0.05, 0) is 68.6 Å². The summed E-state index contributed by atoms with van der Waals surface area (Å²) in [6, 6.07) is 5.30. The highest BCUT2D eigenvalue weighted by molar-refractivity contribution is 5.98. The summed E-state index contributed by atoms with van der Waals surface area (Å²) in [5.74, 6) is -7.81. The predicted molar refractivity (Wildman–Crippen MR) is 279 cm³/mol. The summed E-state index contributed by atoms with van der Waals surface area (Å²) in [6.45, 7) is 3.11. The molecule has 414 valence electrons. The topological polar surface area (TPSA) is 420 Å². The number of nitrogens with one attached hydrogen (secondary N) is 10. The summed E-state index contributed by atoms with van der Waals surface area (Å²) in [5, 5.41) is 21.7. The number of aromatic nitrogens is 1. The molecule has 0 saturated carbocycles. The molecule has 0 unspecified atom stereocenters. The van der Waals surface area contributed by atoms with Crippen molar-refractivity contribution >= 4 is 76.1 Å². The van der Waals surface area contributed by atoms with Crippen LogP contribution in [0.3, 0.4) is 0 Å². The number of carbonyl (C=O) groups is 10. The molecule has 1 aliphatic heterocycles. The van der Waals surface area contributed by atoms with E-state index < -0.39 is 108 Å². The third kappa shape index (κ3) is 20.9. The number of hydrogen-bond donors (Lipinski definition) is 14. The number of amides is 10. The van der Waals surface area contributed by atoms with E-state index in [0.29, 0.717) is 24.0 Å². The number of unbranched alkanes of at least 4 members (excludes halogenated alkanes) is 1. The van der Waals surface area contributed by atoms with E-state index in [1.54, 1.807) is 42.6 Å². The van der Waals surface area contributed by atoms with E-state index in [0.717, 1.165) is 10.9 Å². The zero-order chi connectivity index (χ0) is 55.6. The van der Waals surface area contributed by atoms with Crippen LogP contribution in [-0.4, -0.2) is 132 Å². The molecule has 7 atom stereocenters. The first kappa shape index (κ1) is 60.3. The number of rotatable bonds is 19. The fourth-order valence-electron chi connectivity index (χ4n) is 8.28. The van der Waals surface area contributed by atoms with E-state index in [9.17, 15) is 47.9 Å². The first-order valence-electron chi connectivity index (χ1n) is 25.3. The van der Waals surface area contributed by atoms with Crippen LogP contribution in [-0.2, 0) is 60.8 Å². The molecule has 1 aliphatic rings. The lowest BCUT2D eigenvalue weighted by molar-refractivity contribution is -0.153. The van der Waals surface area contributed by atoms with Gasteiger partial charge < -0.3 is 75.3 Å². The Morgan fingerprint density at radius 2 is 1.36 bits per heavy atom. The molecule has 2 aromatic carbocycles. The second-order valence-electron chi connectivity index (χ2n) is 18.4. The van der Waals surface area contributed by atoms with Crippen molar-refractivity contribution in [2.75, 3.05) is 19.6 Å². The lowest BCUT2D eigenvalue weighted by Gasteiger charge is -2.28. The monoisotopic (exact) mass is 1060 g/mol. The maximum absolute atomic E-state index is 14.7. The molecule has 0 aliphatic carbocycles. The molecule has 2 heterocycles. The SMILES string of the molecule is CCCC[C@H](NC(C)=O)C(=O)N[C@H]1CC(=O)ONCCCC[C@@H](C(N)=O)NC(=O)[C@H](Cc2c[nH]c3ccccc23)NC(=O)[C@H](CCCN=C(N)N)NC(=O)[C@@H](Cc2ccccc2)NC(=O)[C@H](CCCNC(N)=O)NC1=O. The Bertz CT molecular complexity index is 2500. The minimum absolute atomic E-state index is 0.0251. The van der Waals surface area contributed by atoms with Gasteiger partial charge in [0.2, 0.25) is 47.3 Å². The van der Waals surface area contributed by atoms with Crippen molar-refractivity contribution in [1.82, 2.24) is 53.0 Å². The normalized spacial score (nSPS) is 21.1. The van der Waals surface area contributed by atoms with Crippen LogP contribution in [0.4, 0.5) is 4.79 Å². The number of aliphatic imine (C=N–C) groups is 1. The van der Waals surface area contributed by atoms with E-state index in [-0.39, 0.29) is 89.8 Å². The smallest absolute Gasteiger partial charge is 0.327 e. The maximum Gasteiger partial charge on any atom is 0.327 e. The third-order valence-corrected chi connectivity index (χ3v) is 12.2. The summed E-state index contributed by atoms with van der Waals surface area (Å²) in [5.41, 5.74) is 26.7. The van der Waals surface area contributed by atoms with Crippen molar-refractivity contribution in [2.24, 2.45) is 27.9 Å². The second-order valence-corrected chi connectivity index (χ2v) is 18.4. The number of nitrogens with zero attached hydrogens (tertiary/aromatic N) is 1. The molecule has 10 amide bonds. The zero-order valence-corrected chi connectivity index (χ0v) is 42.9. The van der Waals surface area contributed by atoms with E-state index in [1.165, 1.54) is 6.92 Å². The molecule has 26 nitrogen and oxygen atoms in total. The van der Waals surface area contributed by atoms with Crippen molar-refractivity contribution in [3.63, 3.8) is 0 Å². The molecule has 1 saturated heterocycles. The maximum atomic E-state index is 14.7. The van der Waals surface area contributed by atoms with Gasteiger partial charge in [0, 0.05) is 56.5 Å². The fourth-order valence-corrected chi connectivity index (χ4v) is 8.28. The van der Waals surface area contributed by atoms with Gasteiger partial charge in [0.25, 0.3) is 0 Å². The Labute approximate surface area is 439 Å². The van der Waals surface area contributed by atoms with Crippen LogP contribution < -0.4 is 70.9 Å². The Morgan fingerprint density at radius 3 is 2.01 bits per heavy atom. The highest BCUT2D eigenvalue weighted by atomic mass is 16.7. The van der Waals surface area contributed by atoms with Crippen LogP contribution in [0.1, 0.15) is 95.6 Å². The Hall–Kier alpha value is -8.29. The van der Waals surface area contributed by atoms with Gasteiger partial charge >= 0.3 is 12.0 Å². The average molecular weight is 1060 g/mol. The molecule has 3 aromatic rings. The molecule has 1 fully saturated rings. The van der Waals surface area contributed by atoms with Gasteiger partial charge in [-0.25, -0.2) is 4.79 Å². The van der Waals surface area contributed by atoms with Crippen molar-refractivity contribution in [2.45, 2.75) is 140 Å². The lowest BCUT2D eigenvalue weighted by Crippen LogP contribution is -2.60. The van der Waals surface area contributed by atoms with Gasteiger partial charge in [-0.3, -0.25) is 48.1 Å². The average Bonchev–Trinajstić information content (AvgIpc) is 3.78.